The minimum atomic E-state index is -0.806. The van der Waals surface area contributed by atoms with E-state index in [4.69, 9.17) is 4.74 Å². The van der Waals surface area contributed by atoms with Gasteiger partial charge in [0.1, 0.15) is 6.10 Å². The van der Waals surface area contributed by atoms with Crippen LogP contribution in [0, 0.1) is 0 Å². The van der Waals surface area contributed by atoms with Crippen molar-refractivity contribution in [1.82, 2.24) is 5.32 Å². The second-order valence-electron chi connectivity index (χ2n) is 17.9. The molecule has 0 aromatic carbocycles. The number of rotatable bonds is 47. The molecular weight excluding hydrogens is 731 g/mol. The molecule has 1 amide bonds. The largest absolute Gasteiger partial charge is 0.458 e. The molecule has 0 aromatic heterocycles. The van der Waals surface area contributed by atoms with Crippen molar-refractivity contribution in [2.45, 2.75) is 296 Å². The van der Waals surface area contributed by atoms with Crippen LogP contribution in [0.4, 0.5) is 0 Å². The highest BCUT2D eigenvalue weighted by molar-refractivity contribution is 5.78. The Kier molecular flexibility index (Phi) is 46.1. The molecule has 0 spiro atoms. The van der Waals surface area contributed by atoms with Crippen molar-refractivity contribution in [1.29, 1.82) is 0 Å². The maximum Gasteiger partial charge on any atom is 0.306 e. The second-order valence-corrected chi connectivity index (χ2v) is 17.9. The molecule has 0 fully saturated rings. The minimum absolute atomic E-state index is 0.0232. The van der Waals surface area contributed by atoms with Crippen molar-refractivity contribution in [3.8, 4) is 0 Å². The molecule has 59 heavy (non-hydrogen) atoms. The third-order valence-electron chi connectivity index (χ3n) is 12.0. The van der Waals surface area contributed by atoms with E-state index in [-0.39, 0.29) is 24.9 Å². The van der Waals surface area contributed by atoms with Crippen LogP contribution in [0.5, 0.6) is 0 Å². The van der Waals surface area contributed by atoms with Crippen LogP contribution in [0.1, 0.15) is 278 Å². The van der Waals surface area contributed by atoms with Gasteiger partial charge in [0.2, 0.25) is 5.91 Å². The molecule has 0 radical (unpaired) electrons. The highest BCUT2D eigenvalue weighted by atomic mass is 16.5. The number of carbonyl (C=O) groups is 2. The van der Waals surface area contributed by atoms with E-state index in [0.717, 1.165) is 51.4 Å². The Morgan fingerprint density at radius 1 is 0.508 bits per heavy atom. The van der Waals surface area contributed by atoms with E-state index in [1.807, 2.05) is 12.2 Å². The molecule has 0 heterocycles. The fourth-order valence-electron chi connectivity index (χ4n) is 8.04. The standard InChI is InChI=1S/C53H101NO5/c1-4-7-10-13-16-19-22-24-25-26-28-31-34-37-40-43-46-53(58)59-49(44-41-38-35-32-29-21-18-15-12-9-6-3)47-52(57)54-50(48-55)51(56)45-42-39-36-33-30-27-23-20-17-14-11-8-5-2/h32,35,41,44,49-51,55-56H,4-31,33-34,36-40,42-43,45-48H2,1-3H3,(H,54,57)/b35-32-,44-41+. The van der Waals surface area contributed by atoms with Crippen LogP contribution < -0.4 is 5.32 Å². The number of unbranched alkanes of at least 4 members (excludes halogenated alkanes) is 33. The molecule has 3 N–H and O–H groups in total. The molecule has 0 rings (SSSR count). The van der Waals surface area contributed by atoms with Gasteiger partial charge in [-0.3, -0.25) is 9.59 Å². The van der Waals surface area contributed by atoms with Crippen molar-refractivity contribution in [2.24, 2.45) is 0 Å². The molecule has 0 saturated heterocycles. The van der Waals surface area contributed by atoms with Gasteiger partial charge in [-0.2, -0.15) is 0 Å². The molecule has 3 unspecified atom stereocenters. The highest BCUT2D eigenvalue weighted by Gasteiger charge is 2.23. The van der Waals surface area contributed by atoms with Gasteiger partial charge in [-0.25, -0.2) is 0 Å². The average molecular weight is 832 g/mol. The van der Waals surface area contributed by atoms with Crippen molar-refractivity contribution in [3.05, 3.63) is 24.3 Å². The van der Waals surface area contributed by atoms with Crippen LogP contribution in [0.2, 0.25) is 0 Å². The zero-order valence-electron chi connectivity index (χ0n) is 39.7. The Balaban J connectivity index is 4.55. The fourth-order valence-corrected chi connectivity index (χ4v) is 8.04. The Hall–Kier alpha value is -1.66. The maximum absolute atomic E-state index is 13.1. The Morgan fingerprint density at radius 2 is 0.898 bits per heavy atom. The number of nitrogens with one attached hydrogen (secondary N) is 1. The zero-order valence-corrected chi connectivity index (χ0v) is 39.7. The lowest BCUT2D eigenvalue weighted by Crippen LogP contribution is -2.46. The van der Waals surface area contributed by atoms with Crippen LogP contribution in [0.15, 0.2) is 24.3 Å². The first-order valence-corrected chi connectivity index (χ1v) is 26.1. The average Bonchev–Trinajstić information content (AvgIpc) is 3.23. The molecular formula is C53H101NO5. The molecule has 6 heteroatoms. The van der Waals surface area contributed by atoms with Crippen molar-refractivity contribution in [3.63, 3.8) is 0 Å². The summed E-state index contributed by atoms with van der Waals surface area (Å²) in [5.41, 5.74) is 0. The van der Waals surface area contributed by atoms with E-state index in [1.165, 1.54) is 186 Å². The number of carbonyl (C=O) groups excluding carboxylic acids is 2. The summed E-state index contributed by atoms with van der Waals surface area (Å²) in [6.45, 7) is 6.46. The number of aliphatic hydroxyl groups excluding tert-OH is 2. The van der Waals surface area contributed by atoms with E-state index < -0.39 is 18.2 Å². The van der Waals surface area contributed by atoms with E-state index in [1.54, 1.807) is 0 Å². The lowest BCUT2D eigenvalue weighted by molar-refractivity contribution is -0.148. The molecule has 0 aliphatic rings. The van der Waals surface area contributed by atoms with Gasteiger partial charge >= 0.3 is 5.97 Å². The molecule has 3 atom stereocenters. The summed E-state index contributed by atoms with van der Waals surface area (Å²) < 4.78 is 5.83. The van der Waals surface area contributed by atoms with Gasteiger partial charge in [-0.15, -0.1) is 0 Å². The first-order chi connectivity index (χ1) is 29.0. The summed E-state index contributed by atoms with van der Waals surface area (Å²) in [4.78, 5) is 26.0. The van der Waals surface area contributed by atoms with Crippen LogP contribution in [-0.2, 0) is 14.3 Å². The summed E-state index contributed by atoms with van der Waals surface area (Å²) in [7, 11) is 0. The van der Waals surface area contributed by atoms with Crippen molar-refractivity contribution < 1.29 is 24.5 Å². The smallest absolute Gasteiger partial charge is 0.306 e. The lowest BCUT2D eigenvalue weighted by Gasteiger charge is -2.23. The number of hydrogen-bond donors (Lipinski definition) is 3. The molecule has 0 aromatic rings. The van der Waals surface area contributed by atoms with Crippen molar-refractivity contribution >= 4 is 11.9 Å². The SMILES string of the molecule is CCCCCCCC/C=C\C/C=C/C(CC(=O)NC(CO)C(O)CCCCCCCCCCCCCCC)OC(=O)CCCCCCCCCCCCCCCCCC. The highest BCUT2D eigenvalue weighted by Crippen LogP contribution is 2.17. The summed E-state index contributed by atoms with van der Waals surface area (Å²) >= 11 is 0. The van der Waals surface area contributed by atoms with Gasteiger partial charge in [-0.05, 0) is 38.2 Å². The quantitative estimate of drug-likeness (QED) is 0.0322. The van der Waals surface area contributed by atoms with E-state index in [0.29, 0.717) is 12.8 Å². The lowest BCUT2D eigenvalue weighted by atomic mass is 10.0. The van der Waals surface area contributed by atoms with Crippen LogP contribution in [0.25, 0.3) is 0 Å². The number of allylic oxidation sites excluding steroid dienone is 3. The van der Waals surface area contributed by atoms with Gasteiger partial charge in [0, 0.05) is 6.42 Å². The van der Waals surface area contributed by atoms with E-state index in [9.17, 15) is 19.8 Å². The van der Waals surface area contributed by atoms with Gasteiger partial charge in [0.05, 0.1) is 25.2 Å². The third kappa shape index (κ3) is 42.8. The van der Waals surface area contributed by atoms with E-state index in [2.05, 4.69) is 38.2 Å². The van der Waals surface area contributed by atoms with Crippen LogP contribution >= 0.6 is 0 Å². The maximum atomic E-state index is 13.1. The molecule has 0 aliphatic carbocycles. The summed E-state index contributed by atoms with van der Waals surface area (Å²) in [5, 5.41) is 23.7. The van der Waals surface area contributed by atoms with Crippen LogP contribution in [0.3, 0.4) is 0 Å². The van der Waals surface area contributed by atoms with Gasteiger partial charge in [-0.1, -0.05) is 251 Å². The number of amides is 1. The van der Waals surface area contributed by atoms with Crippen molar-refractivity contribution in [2.75, 3.05) is 6.61 Å². The Morgan fingerprint density at radius 3 is 1.32 bits per heavy atom. The zero-order chi connectivity index (χ0) is 43.1. The fraction of sp³-hybridized carbons (Fsp3) is 0.887. The van der Waals surface area contributed by atoms with Gasteiger partial charge in [0.25, 0.3) is 0 Å². The molecule has 0 aliphatic heterocycles. The molecule has 0 saturated carbocycles. The first kappa shape index (κ1) is 57.3. The minimum Gasteiger partial charge on any atom is -0.458 e. The Labute approximate surface area is 367 Å². The normalized spacial score (nSPS) is 13.4. The number of aliphatic hydroxyl groups is 2. The topological polar surface area (TPSA) is 95.9 Å². The summed E-state index contributed by atoms with van der Waals surface area (Å²) in [6.07, 6.45) is 54.1. The number of ether oxygens (including phenoxy) is 1. The molecule has 0 bridgehead atoms. The first-order valence-electron chi connectivity index (χ1n) is 26.1. The van der Waals surface area contributed by atoms with Gasteiger partial charge in [0.15, 0.2) is 0 Å². The number of hydrogen-bond acceptors (Lipinski definition) is 5. The summed E-state index contributed by atoms with van der Waals surface area (Å²) in [5.74, 6) is -0.588. The third-order valence-corrected chi connectivity index (χ3v) is 12.0. The monoisotopic (exact) mass is 832 g/mol. The molecule has 348 valence electrons. The van der Waals surface area contributed by atoms with Gasteiger partial charge < -0.3 is 20.3 Å². The predicted molar refractivity (Wildman–Crippen MR) is 255 cm³/mol. The predicted octanol–water partition coefficient (Wildman–Crippen LogP) is 15.5. The number of esters is 1. The second kappa shape index (κ2) is 47.4. The van der Waals surface area contributed by atoms with Crippen LogP contribution in [-0.4, -0.2) is 46.9 Å². The molecule has 6 nitrogen and oxygen atoms in total. The van der Waals surface area contributed by atoms with E-state index >= 15 is 0 Å². The Bertz CT molecular complexity index is 935. The summed E-state index contributed by atoms with van der Waals surface area (Å²) in [6, 6.07) is -0.727.